The van der Waals surface area contributed by atoms with Crippen LogP contribution < -0.4 is 0 Å². The molecule has 0 aromatic carbocycles. The highest BCUT2D eigenvalue weighted by Crippen LogP contribution is 2.25. The number of piperidine rings is 1. The molecule has 1 aliphatic rings. The molecule has 1 saturated heterocycles. The first kappa shape index (κ1) is 13.8. The third kappa shape index (κ3) is 4.32. The summed E-state index contributed by atoms with van der Waals surface area (Å²) in [5, 5.41) is 0. The smallest absolute Gasteiger partial charge is 0.410 e. The molecule has 1 aliphatic heterocycles. The van der Waals surface area contributed by atoms with Gasteiger partial charge in [-0.15, -0.1) is 0 Å². The van der Waals surface area contributed by atoms with Gasteiger partial charge in [0.15, 0.2) is 0 Å². The molecule has 0 N–H and O–H groups in total. The van der Waals surface area contributed by atoms with Crippen LogP contribution in [0, 0.1) is 5.92 Å². The molecule has 1 rings (SSSR count). The minimum absolute atomic E-state index is 0.176. The Balaban J connectivity index is 2.50. The van der Waals surface area contributed by atoms with Gasteiger partial charge < -0.3 is 9.64 Å². The van der Waals surface area contributed by atoms with Crippen molar-refractivity contribution in [3.05, 3.63) is 0 Å². The molecule has 16 heavy (non-hydrogen) atoms. The Hall–Kier alpha value is -0.250. The number of carbonyl (C=O) groups is 1. The van der Waals surface area contributed by atoms with E-state index < -0.39 is 5.60 Å². The molecular formula is C12H22BrNO2. The first-order valence-corrected chi connectivity index (χ1v) is 6.83. The standard InChI is InChI=1S/C12H22BrNO2/c1-9(13)10-6-5-7-14(8-10)11(15)16-12(2,3)4/h9-10H,5-8H2,1-4H3/t9-,10-/m0/s1. The minimum Gasteiger partial charge on any atom is -0.444 e. The first-order chi connectivity index (χ1) is 7.29. The molecule has 2 atom stereocenters. The molecule has 0 radical (unpaired) electrons. The van der Waals surface area contributed by atoms with Gasteiger partial charge in [-0.25, -0.2) is 4.79 Å². The average molecular weight is 292 g/mol. The van der Waals surface area contributed by atoms with E-state index in [9.17, 15) is 4.79 Å². The van der Waals surface area contributed by atoms with E-state index in [1.54, 1.807) is 0 Å². The summed E-state index contributed by atoms with van der Waals surface area (Å²) in [6, 6.07) is 0. The number of amides is 1. The molecule has 3 nitrogen and oxygen atoms in total. The fraction of sp³-hybridized carbons (Fsp3) is 0.917. The van der Waals surface area contributed by atoms with Gasteiger partial charge in [0, 0.05) is 17.9 Å². The van der Waals surface area contributed by atoms with Crippen LogP contribution in [0.1, 0.15) is 40.5 Å². The monoisotopic (exact) mass is 291 g/mol. The Kier molecular flexibility index (Phi) is 4.65. The highest BCUT2D eigenvalue weighted by Gasteiger charge is 2.29. The molecular weight excluding hydrogens is 270 g/mol. The maximum atomic E-state index is 11.9. The van der Waals surface area contributed by atoms with Gasteiger partial charge in [-0.2, -0.15) is 0 Å². The molecule has 0 aliphatic carbocycles. The maximum Gasteiger partial charge on any atom is 0.410 e. The molecule has 0 aromatic rings. The van der Waals surface area contributed by atoms with E-state index in [4.69, 9.17) is 4.74 Å². The van der Waals surface area contributed by atoms with Crippen LogP contribution in [0.25, 0.3) is 0 Å². The molecule has 1 fully saturated rings. The predicted octanol–water partition coefficient (Wildman–Crippen LogP) is 3.42. The fourth-order valence-corrected chi connectivity index (χ4v) is 2.31. The fourth-order valence-electron chi connectivity index (χ4n) is 1.88. The molecule has 0 spiro atoms. The molecule has 0 aromatic heterocycles. The van der Waals surface area contributed by atoms with E-state index in [-0.39, 0.29) is 6.09 Å². The Bertz CT molecular complexity index is 248. The first-order valence-electron chi connectivity index (χ1n) is 5.91. The second-order valence-electron chi connectivity index (χ2n) is 5.51. The van der Waals surface area contributed by atoms with Gasteiger partial charge in [0.1, 0.15) is 5.60 Å². The van der Waals surface area contributed by atoms with Crippen LogP contribution in [-0.4, -0.2) is 34.5 Å². The number of rotatable bonds is 1. The second kappa shape index (κ2) is 5.39. The Morgan fingerprint density at radius 3 is 2.62 bits per heavy atom. The van der Waals surface area contributed by atoms with E-state index in [2.05, 4.69) is 22.9 Å². The third-order valence-corrected chi connectivity index (χ3v) is 3.51. The summed E-state index contributed by atoms with van der Waals surface area (Å²) in [6.07, 6.45) is 2.08. The van der Waals surface area contributed by atoms with Crippen LogP contribution in [0.4, 0.5) is 4.79 Å². The number of carbonyl (C=O) groups excluding carboxylic acids is 1. The van der Waals surface area contributed by atoms with Gasteiger partial charge in [-0.1, -0.05) is 22.9 Å². The van der Waals surface area contributed by atoms with Crippen molar-refractivity contribution >= 4 is 22.0 Å². The Labute approximate surface area is 107 Å². The molecule has 94 valence electrons. The molecule has 0 unspecified atom stereocenters. The molecule has 4 heteroatoms. The lowest BCUT2D eigenvalue weighted by molar-refractivity contribution is 0.0168. The number of nitrogens with zero attached hydrogens (tertiary/aromatic N) is 1. The van der Waals surface area contributed by atoms with E-state index in [0.717, 1.165) is 19.5 Å². The largest absolute Gasteiger partial charge is 0.444 e. The van der Waals surface area contributed by atoms with Crippen LogP contribution in [0.3, 0.4) is 0 Å². The lowest BCUT2D eigenvalue weighted by atomic mass is 9.96. The van der Waals surface area contributed by atoms with E-state index in [0.29, 0.717) is 10.7 Å². The van der Waals surface area contributed by atoms with Crippen LogP contribution in [-0.2, 0) is 4.74 Å². The van der Waals surface area contributed by atoms with Crippen molar-refractivity contribution in [3.8, 4) is 0 Å². The highest BCUT2D eigenvalue weighted by atomic mass is 79.9. The highest BCUT2D eigenvalue weighted by molar-refractivity contribution is 9.09. The summed E-state index contributed by atoms with van der Waals surface area (Å²) in [7, 11) is 0. The van der Waals surface area contributed by atoms with Gasteiger partial charge in [0.05, 0.1) is 0 Å². The number of alkyl halides is 1. The normalized spacial score (nSPS) is 24.1. The third-order valence-electron chi connectivity index (χ3n) is 2.76. The number of hydrogen-bond donors (Lipinski definition) is 0. The second-order valence-corrected chi connectivity index (χ2v) is 6.95. The van der Waals surface area contributed by atoms with E-state index in [1.165, 1.54) is 6.42 Å². The average Bonchev–Trinajstić information content (AvgIpc) is 2.15. The summed E-state index contributed by atoms with van der Waals surface area (Å²) in [5.41, 5.74) is -0.399. The minimum atomic E-state index is -0.399. The number of likely N-dealkylation sites (tertiary alicyclic amines) is 1. The quantitative estimate of drug-likeness (QED) is 0.693. The summed E-state index contributed by atoms with van der Waals surface area (Å²) in [6.45, 7) is 9.48. The van der Waals surface area contributed by atoms with Crippen molar-refractivity contribution < 1.29 is 9.53 Å². The van der Waals surface area contributed by atoms with Crippen molar-refractivity contribution in [2.75, 3.05) is 13.1 Å². The molecule has 0 saturated carbocycles. The zero-order valence-electron chi connectivity index (χ0n) is 10.6. The van der Waals surface area contributed by atoms with Crippen molar-refractivity contribution in [2.24, 2.45) is 5.92 Å². The summed E-state index contributed by atoms with van der Waals surface area (Å²) < 4.78 is 5.38. The summed E-state index contributed by atoms with van der Waals surface area (Å²) >= 11 is 3.60. The zero-order valence-corrected chi connectivity index (χ0v) is 12.2. The van der Waals surface area contributed by atoms with E-state index in [1.807, 2.05) is 25.7 Å². The van der Waals surface area contributed by atoms with E-state index >= 15 is 0 Å². The van der Waals surface area contributed by atoms with Crippen molar-refractivity contribution in [1.82, 2.24) is 4.90 Å². The van der Waals surface area contributed by atoms with Gasteiger partial charge in [-0.05, 0) is 39.5 Å². The van der Waals surface area contributed by atoms with Crippen LogP contribution in [0.5, 0.6) is 0 Å². The number of halogens is 1. The van der Waals surface area contributed by atoms with Crippen LogP contribution in [0.2, 0.25) is 0 Å². The van der Waals surface area contributed by atoms with Gasteiger partial charge in [-0.3, -0.25) is 0 Å². The van der Waals surface area contributed by atoms with Gasteiger partial charge in [0.2, 0.25) is 0 Å². The van der Waals surface area contributed by atoms with Gasteiger partial charge >= 0.3 is 6.09 Å². The molecule has 1 heterocycles. The zero-order chi connectivity index (χ0) is 12.3. The number of ether oxygens (including phenoxy) is 1. The van der Waals surface area contributed by atoms with Crippen molar-refractivity contribution in [1.29, 1.82) is 0 Å². The predicted molar refractivity (Wildman–Crippen MR) is 68.9 cm³/mol. The maximum absolute atomic E-state index is 11.9. The SMILES string of the molecule is C[C@H](Br)[C@H]1CCCN(C(=O)OC(C)(C)C)C1. The summed E-state index contributed by atoms with van der Waals surface area (Å²) in [4.78, 5) is 14.2. The van der Waals surface area contributed by atoms with Crippen LogP contribution >= 0.6 is 15.9 Å². The summed E-state index contributed by atoms with van der Waals surface area (Å²) in [5.74, 6) is 0.543. The van der Waals surface area contributed by atoms with Gasteiger partial charge in [0.25, 0.3) is 0 Å². The Morgan fingerprint density at radius 2 is 2.12 bits per heavy atom. The molecule has 0 bridgehead atoms. The molecule has 1 amide bonds. The van der Waals surface area contributed by atoms with Crippen molar-refractivity contribution in [2.45, 2.75) is 51.0 Å². The Morgan fingerprint density at radius 1 is 1.50 bits per heavy atom. The van der Waals surface area contributed by atoms with Crippen LogP contribution in [0.15, 0.2) is 0 Å². The number of hydrogen-bond acceptors (Lipinski definition) is 2. The lowest BCUT2D eigenvalue weighted by Crippen LogP contribution is -2.44. The lowest BCUT2D eigenvalue weighted by Gasteiger charge is -2.35. The topological polar surface area (TPSA) is 29.5 Å². The van der Waals surface area contributed by atoms with Crippen molar-refractivity contribution in [3.63, 3.8) is 0 Å².